The Bertz CT molecular complexity index is 2300. The van der Waals surface area contributed by atoms with E-state index >= 15 is 0 Å². The molecule has 0 saturated carbocycles. The standard InChI is InChI=1S/C29H41.C15H8F6.C12H19.2ClH.Zr/c1-26(2,3)22-14-18-13-19-15-23(27(4,5)6)25(29(10,11)12)17-21(19)20(18)16-24(22)28(7,8)9;16-14(17,18)12-5-1-10(2-6-12)9-11-3-7-13(8-4-11)15(19,20)21;1-5-6-10-7-8-11(9-10)12(2,3)4;;;/h13-17H,1-12H3;1-8H;8-10H,5-6H2,1-4H3;2*1H;/q-1;;-1;;;+2/p-2. The van der Waals surface area contributed by atoms with Crippen LogP contribution in [0.25, 0.3) is 21.5 Å². The zero-order valence-corrected chi connectivity index (χ0v) is 45.1. The maximum atomic E-state index is 12.5. The van der Waals surface area contributed by atoms with Crippen LogP contribution in [0, 0.1) is 17.4 Å². The number of allylic oxidation sites excluding steroid dienone is 4. The third-order valence-corrected chi connectivity index (χ3v) is 12.9. The van der Waals surface area contributed by atoms with Crippen molar-refractivity contribution in [1.29, 1.82) is 0 Å². The van der Waals surface area contributed by atoms with Crippen molar-refractivity contribution in [2.75, 3.05) is 0 Å². The Morgan fingerprint density at radius 1 is 0.523 bits per heavy atom. The number of hydrogen-bond acceptors (Lipinski definition) is 0. The van der Waals surface area contributed by atoms with Gasteiger partial charge in [-0.2, -0.15) is 11.6 Å². The Balaban J connectivity index is 0.000000357. The molecule has 9 heteroatoms. The molecule has 0 nitrogen and oxygen atoms in total. The predicted octanol–water partition coefficient (Wildman–Crippen LogP) is 11.5. The van der Waals surface area contributed by atoms with Gasteiger partial charge in [-0.05, 0) is 21.7 Å². The van der Waals surface area contributed by atoms with Crippen molar-refractivity contribution in [3.05, 3.63) is 147 Å². The van der Waals surface area contributed by atoms with Crippen molar-refractivity contribution in [2.24, 2.45) is 11.3 Å². The number of fused-ring (bicyclic) bond motifs is 3. The second-order valence-corrected chi connectivity index (χ2v) is 23.4. The van der Waals surface area contributed by atoms with Crippen LogP contribution in [0.2, 0.25) is 0 Å². The molecule has 1 atom stereocenters. The molecule has 0 bridgehead atoms. The van der Waals surface area contributed by atoms with Crippen molar-refractivity contribution < 1.29 is 75.4 Å². The largest absolute Gasteiger partial charge is 1.00 e. The SMILES string of the molecule is CC(C)(C)c1cc2[cH-]c3cc(C(C)(C)C)c(C(C)(C)C)cc3c2cc1C(C)(C)C.CCCC1[C-]=CC(C(C)(C)C)=C1.FC(F)(F)c1ccc([C](=[Zr+2])c2ccc(C(F)(F)F)cc2)cc1.[Cl-].[Cl-]. The van der Waals surface area contributed by atoms with Crippen LogP contribution < -0.4 is 24.8 Å². The van der Waals surface area contributed by atoms with Gasteiger partial charge in [0.15, 0.2) is 0 Å². The molecule has 0 N–H and O–H groups in total. The molecule has 65 heavy (non-hydrogen) atoms. The summed E-state index contributed by atoms with van der Waals surface area (Å²) in [6.07, 6.45) is 1.61. The summed E-state index contributed by atoms with van der Waals surface area (Å²) in [5, 5.41) is 5.57. The van der Waals surface area contributed by atoms with Gasteiger partial charge in [0.05, 0.1) is 0 Å². The maximum absolute atomic E-state index is 12.5. The van der Waals surface area contributed by atoms with Crippen LogP contribution in [0.3, 0.4) is 0 Å². The van der Waals surface area contributed by atoms with Gasteiger partial charge in [0.25, 0.3) is 0 Å². The van der Waals surface area contributed by atoms with Gasteiger partial charge < -0.3 is 24.8 Å². The van der Waals surface area contributed by atoms with Gasteiger partial charge in [-0.25, -0.2) is 6.08 Å². The number of hydrogen-bond donors (Lipinski definition) is 0. The molecule has 5 aromatic rings. The quantitative estimate of drug-likeness (QED) is 0.124. The third kappa shape index (κ3) is 15.1. The zero-order valence-electron chi connectivity index (χ0n) is 41.2. The Morgan fingerprint density at radius 3 is 1.11 bits per heavy atom. The Labute approximate surface area is 413 Å². The molecule has 1 unspecified atom stereocenters. The van der Waals surface area contributed by atoms with Crippen molar-refractivity contribution in [3.63, 3.8) is 0 Å². The summed E-state index contributed by atoms with van der Waals surface area (Å²) in [4.78, 5) is 0. The summed E-state index contributed by atoms with van der Waals surface area (Å²) in [5.74, 6) is 0.587. The number of rotatable bonds is 4. The van der Waals surface area contributed by atoms with E-state index in [1.165, 1.54) is 86.5 Å². The van der Waals surface area contributed by atoms with E-state index < -0.39 is 23.5 Å². The molecular weight excluding hydrogens is 949 g/mol. The van der Waals surface area contributed by atoms with Crippen LogP contribution in [-0.4, -0.2) is 3.21 Å². The van der Waals surface area contributed by atoms with Crippen LogP contribution in [0.15, 0.2) is 96.6 Å². The van der Waals surface area contributed by atoms with Gasteiger partial charge >= 0.3 is 137 Å². The van der Waals surface area contributed by atoms with Gasteiger partial charge in [-0.3, -0.25) is 6.08 Å². The molecule has 0 aliphatic heterocycles. The zero-order chi connectivity index (χ0) is 47.9. The van der Waals surface area contributed by atoms with Crippen LogP contribution >= 0.6 is 0 Å². The van der Waals surface area contributed by atoms with Crippen molar-refractivity contribution in [2.45, 2.75) is 158 Å². The van der Waals surface area contributed by atoms with E-state index in [0.717, 1.165) is 48.5 Å². The van der Waals surface area contributed by atoms with Gasteiger partial charge in [0.2, 0.25) is 0 Å². The number of benzene rings is 4. The molecule has 0 saturated heterocycles. The van der Waals surface area contributed by atoms with Gasteiger partial charge in [-0.15, -0.1) is 39.7 Å². The summed E-state index contributed by atoms with van der Waals surface area (Å²) < 4.78 is 75.6. The van der Waals surface area contributed by atoms with E-state index in [-0.39, 0.29) is 46.5 Å². The molecule has 5 aromatic carbocycles. The van der Waals surface area contributed by atoms with Gasteiger partial charge in [0, 0.05) is 0 Å². The number of alkyl halides is 6. The fourth-order valence-corrected chi connectivity index (χ4v) is 8.68. The summed E-state index contributed by atoms with van der Waals surface area (Å²) in [7, 11) is 0. The summed E-state index contributed by atoms with van der Waals surface area (Å²) in [5.41, 5.74) is 7.76. The second kappa shape index (κ2) is 21.2. The first-order valence-corrected chi connectivity index (χ1v) is 23.2. The first-order valence-electron chi connectivity index (χ1n) is 22.0. The van der Waals surface area contributed by atoms with Crippen molar-refractivity contribution in [3.8, 4) is 0 Å². The molecule has 0 amide bonds. The predicted molar refractivity (Wildman–Crippen MR) is 252 cm³/mol. The molecule has 0 radical (unpaired) electrons. The second-order valence-electron chi connectivity index (χ2n) is 22.2. The smallest absolute Gasteiger partial charge is 1.00 e. The van der Waals surface area contributed by atoms with E-state index in [4.69, 9.17) is 0 Å². The first-order chi connectivity index (χ1) is 28.5. The summed E-state index contributed by atoms with van der Waals surface area (Å²) >= 11 is 0.898. The third-order valence-electron chi connectivity index (χ3n) is 11.5. The molecule has 1 aliphatic carbocycles. The first kappa shape index (κ1) is 58.3. The average Bonchev–Trinajstić information content (AvgIpc) is 3.77. The molecule has 0 aromatic heterocycles. The molecule has 354 valence electrons. The van der Waals surface area contributed by atoms with Crippen molar-refractivity contribution in [1.82, 2.24) is 0 Å². The maximum Gasteiger partial charge on any atom is -1.00 e. The minimum atomic E-state index is -4.41. The minimum Gasteiger partial charge on any atom is -1.00 e. The molecule has 1 aliphatic rings. The topological polar surface area (TPSA) is 0 Å². The van der Waals surface area contributed by atoms with E-state index in [2.05, 4.69) is 159 Å². The van der Waals surface area contributed by atoms with Crippen LogP contribution in [0.4, 0.5) is 26.3 Å². The fourth-order valence-electron chi connectivity index (χ4n) is 7.86. The summed E-state index contributed by atoms with van der Waals surface area (Å²) in [6, 6.07) is 21.5. The van der Waals surface area contributed by atoms with Crippen LogP contribution in [0.1, 0.15) is 168 Å². The monoisotopic (exact) mass is 1010 g/mol. The van der Waals surface area contributed by atoms with E-state index in [1.54, 1.807) is 0 Å². The van der Waals surface area contributed by atoms with E-state index in [1.807, 2.05) is 0 Å². The van der Waals surface area contributed by atoms with E-state index in [0.29, 0.717) is 25.7 Å². The van der Waals surface area contributed by atoms with Gasteiger partial charge in [-0.1, -0.05) is 169 Å². The fraction of sp³-hybridized carbons (Fsp3) is 0.464. The molecule has 0 heterocycles. The molecule has 0 fully saturated rings. The normalized spacial score (nSPS) is 14.8. The molecule has 6 rings (SSSR count). The Morgan fingerprint density at radius 2 is 0.846 bits per heavy atom. The molecule has 0 spiro atoms. The number of halogens is 8. The van der Waals surface area contributed by atoms with E-state index in [9.17, 15) is 26.3 Å². The van der Waals surface area contributed by atoms with Crippen LogP contribution in [0.5, 0.6) is 0 Å². The van der Waals surface area contributed by atoms with Gasteiger partial charge in [0.1, 0.15) is 0 Å². The molecular formula is C56H68Cl2F6Zr-2. The summed E-state index contributed by atoms with van der Waals surface area (Å²) in [6.45, 7) is 37.0. The Kier molecular flexibility index (Phi) is 19.0. The average molecular weight is 1020 g/mol. The minimum absolute atomic E-state index is 0. The van der Waals surface area contributed by atoms with Crippen LogP contribution in [-0.2, 0) is 58.2 Å². The van der Waals surface area contributed by atoms with Crippen molar-refractivity contribution >= 4 is 24.8 Å². The Hall–Kier alpha value is -2.86.